The first-order chi connectivity index (χ1) is 6.70. The van der Waals surface area contributed by atoms with Crippen molar-refractivity contribution in [1.29, 1.82) is 0 Å². The number of phosphoric acid groups is 1. The number of non-ortho nitro benzene ring substituents is 1. The summed E-state index contributed by atoms with van der Waals surface area (Å²) in [5.74, 6) is 0.0330. The summed E-state index contributed by atoms with van der Waals surface area (Å²) >= 11 is 0. The standard InChI is InChI=1S/C6H5NO3.Na.H3O4P.H/c8-6-3-1-5(2-4-6)7(9)10;;1-5(2,3)4;/h1-4,8H;;(H3,1,2,3,4);. The van der Waals surface area contributed by atoms with Crippen molar-refractivity contribution in [3.8, 4) is 5.75 Å². The van der Waals surface area contributed by atoms with Crippen LogP contribution in [0.3, 0.4) is 0 Å². The van der Waals surface area contributed by atoms with Gasteiger partial charge in [0.15, 0.2) is 0 Å². The van der Waals surface area contributed by atoms with Crippen molar-refractivity contribution in [1.82, 2.24) is 0 Å². The molecule has 0 radical (unpaired) electrons. The summed E-state index contributed by atoms with van der Waals surface area (Å²) < 4.78 is 8.88. The molecular formula is C6H9NNaO7P. The number of benzene rings is 1. The zero-order valence-corrected chi connectivity index (χ0v) is 8.11. The third-order valence-corrected chi connectivity index (χ3v) is 1.06. The van der Waals surface area contributed by atoms with Crippen LogP contribution < -0.4 is 0 Å². The van der Waals surface area contributed by atoms with Gasteiger partial charge in [-0.05, 0) is 12.1 Å². The van der Waals surface area contributed by atoms with Gasteiger partial charge < -0.3 is 19.8 Å². The number of nitro groups is 1. The summed E-state index contributed by atoms with van der Waals surface area (Å²) in [5.41, 5.74) is -0.0159. The quantitative estimate of drug-likeness (QED) is 0.236. The second-order valence-electron chi connectivity index (χ2n) is 2.29. The number of phenols is 1. The number of rotatable bonds is 1. The first-order valence-corrected chi connectivity index (χ1v) is 4.98. The SMILES string of the molecule is O=P(O)(O)O.O=[N+]([O-])c1ccc(O)cc1.[NaH]. The summed E-state index contributed by atoms with van der Waals surface area (Å²) in [6.45, 7) is 0. The molecule has 10 heteroatoms. The van der Waals surface area contributed by atoms with Crippen LogP contribution in [0, 0.1) is 10.1 Å². The van der Waals surface area contributed by atoms with Gasteiger partial charge >= 0.3 is 37.4 Å². The van der Waals surface area contributed by atoms with E-state index < -0.39 is 12.7 Å². The molecule has 0 bridgehead atoms. The van der Waals surface area contributed by atoms with Gasteiger partial charge in [-0.1, -0.05) is 0 Å². The van der Waals surface area contributed by atoms with Gasteiger partial charge in [0.25, 0.3) is 5.69 Å². The van der Waals surface area contributed by atoms with Gasteiger partial charge in [0.1, 0.15) is 5.75 Å². The van der Waals surface area contributed by atoms with E-state index in [9.17, 15) is 10.1 Å². The van der Waals surface area contributed by atoms with Gasteiger partial charge in [-0.3, -0.25) is 10.1 Å². The Morgan fingerprint density at radius 2 is 1.44 bits per heavy atom. The van der Waals surface area contributed by atoms with Gasteiger partial charge in [-0.15, -0.1) is 0 Å². The molecule has 0 aromatic heterocycles. The molecule has 16 heavy (non-hydrogen) atoms. The van der Waals surface area contributed by atoms with Crippen LogP contribution in [0.5, 0.6) is 5.75 Å². The van der Waals surface area contributed by atoms with Crippen molar-refractivity contribution < 1.29 is 29.3 Å². The van der Waals surface area contributed by atoms with Crippen molar-refractivity contribution in [3.63, 3.8) is 0 Å². The molecule has 1 aromatic carbocycles. The maximum atomic E-state index is 10.0. The van der Waals surface area contributed by atoms with Gasteiger partial charge in [-0.2, -0.15) is 0 Å². The van der Waals surface area contributed by atoms with Gasteiger partial charge in [0, 0.05) is 12.1 Å². The van der Waals surface area contributed by atoms with Gasteiger partial charge in [0.05, 0.1) is 4.92 Å². The first kappa shape index (κ1) is 17.9. The second-order valence-corrected chi connectivity index (χ2v) is 3.31. The topological polar surface area (TPSA) is 141 Å². The Morgan fingerprint density at radius 3 is 1.69 bits per heavy atom. The number of hydrogen-bond acceptors (Lipinski definition) is 4. The van der Waals surface area contributed by atoms with Gasteiger partial charge in [0.2, 0.25) is 0 Å². The summed E-state index contributed by atoms with van der Waals surface area (Å²) in [4.78, 5) is 31.1. The molecule has 0 aliphatic carbocycles. The zero-order valence-electron chi connectivity index (χ0n) is 7.22. The Balaban J connectivity index is 0. The first-order valence-electron chi connectivity index (χ1n) is 3.42. The molecule has 1 rings (SSSR count). The molecule has 8 nitrogen and oxygen atoms in total. The second kappa shape index (κ2) is 7.75. The Labute approximate surface area is 112 Å². The van der Waals surface area contributed by atoms with Gasteiger partial charge in [-0.25, -0.2) is 4.57 Å². The molecule has 0 spiro atoms. The minimum atomic E-state index is -4.64. The zero-order chi connectivity index (χ0) is 12.1. The van der Waals surface area contributed by atoms with E-state index in [1.807, 2.05) is 0 Å². The van der Waals surface area contributed by atoms with E-state index in [0.717, 1.165) is 0 Å². The van der Waals surface area contributed by atoms with Crippen LogP contribution in [0.2, 0.25) is 0 Å². The molecule has 86 valence electrons. The molecule has 0 saturated carbocycles. The van der Waals surface area contributed by atoms with Crippen LogP contribution in [0.1, 0.15) is 0 Å². The van der Waals surface area contributed by atoms with Crippen LogP contribution in [0.15, 0.2) is 24.3 Å². The van der Waals surface area contributed by atoms with E-state index in [0.29, 0.717) is 0 Å². The van der Waals surface area contributed by atoms with E-state index in [4.69, 9.17) is 24.4 Å². The van der Waals surface area contributed by atoms with Crippen LogP contribution >= 0.6 is 7.82 Å². The Morgan fingerprint density at radius 1 is 1.12 bits per heavy atom. The van der Waals surface area contributed by atoms with E-state index in [1.165, 1.54) is 24.3 Å². The summed E-state index contributed by atoms with van der Waals surface area (Å²) in [5, 5.41) is 18.8. The molecule has 0 aliphatic heterocycles. The fraction of sp³-hybridized carbons (Fsp3) is 0. The molecule has 0 saturated heterocycles. The van der Waals surface area contributed by atoms with Crippen molar-refractivity contribution in [2.45, 2.75) is 0 Å². The minimum absolute atomic E-state index is 0. The number of nitrogens with zero attached hydrogens (tertiary/aromatic N) is 1. The van der Waals surface area contributed by atoms with E-state index in [1.54, 1.807) is 0 Å². The van der Waals surface area contributed by atoms with E-state index >= 15 is 0 Å². The Hall–Kier alpha value is -0.470. The monoisotopic (exact) mass is 261 g/mol. The van der Waals surface area contributed by atoms with Crippen molar-refractivity contribution in [2.75, 3.05) is 0 Å². The fourth-order valence-electron chi connectivity index (χ4n) is 0.574. The molecule has 4 N–H and O–H groups in total. The summed E-state index contributed by atoms with van der Waals surface area (Å²) in [7, 11) is -4.64. The Bertz CT molecular complexity index is 367. The third kappa shape index (κ3) is 11.6. The fourth-order valence-corrected chi connectivity index (χ4v) is 0.574. The predicted octanol–water partition coefficient (Wildman–Crippen LogP) is -0.277. The third-order valence-electron chi connectivity index (χ3n) is 1.06. The normalized spacial score (nSPS) is 9.44. The van der Waals surface area contributed by atoms with Crippen LogP contribution in [-0.2, 0) is 4.57 Å². The van der Waals surface area contributed by atoms with Crippen LogP contribution in [0.25, 0.3) is 0 Å². The van der Waals surface area contributed by atoms with E-state index in [2.05, 4.69) is 0 Å². The molecule has 0 heterocycles. The number of nitro benzene ring substituents is 1. The average molecular weight is 261 g/mol. The predicted molar refractivity (Wildman–Crippen MR) is 56.2 cm³/mol. The van der Waals surface area contributed by atoms with Crippen LogP contribution in [0.4, 0.5) is 5.69 Å². The van der Waals surface area contributed by atoms with Crippen molar-refractivity contribution >= 4 is 43.1 Å². The average Bonchev–Trinajstić information content (AvgIpc) is 2.01. The number of aromatic hydroxyl groups is 1. The summed E-state index contributed by atoms with van der Waals surface area (Å²) in [6.07, 6.45) is 0. The van der Waals surface area contributed by atoms with Crippen molar-refractivity contribution in [3.05, 3.63) is 34.4 Å². The molecular weight excluding hydrogens is 252 g/mol. The molecule has 0 fully saturated rings. The molecule has 0 unspecified atom stereocenters. The molecule has 0 aliphatic rings. The molecule has 0 amide bonds. The Kier molecular flexibility index (Phi) is 8.67. The summed E-state index contributed by atoms with van der Waals surface area (Å²) in [6, 6.07) is 5.04. The van der Waals surface area contributed by atoms with E-state index in [-0.39, 0.29) is 41.0 Å². The number of phenolic OH excluding ortho intramolecular Hbond substituents is 1. The van der Waals surface area contributed by atoms with Crippen LogP contribution in [-0.4, -0.2) is 54.3 Å². The number of hydrogen-bond donors (Lipinski definition) is 4. The molecule has 1 aromatic rings. The maximum absolute atomic E-state index is 10.0. The molecule has 0 atom stereocenters. The van der Waals surface area contributed by atoms with Crippen molar-refractivity contribution in [2.24, 2.45) is 0 Å².